The number of carbonyl (C=O) groups is 2. The number of hydrogen-bond acceptors (Lipinski definition) is 2. The number of nitrogens with zero attached hydrogens (tertiary/aromatic N) is 1. The van der Waals surface area contributed by atoms with Crippen LogP contribution in [0.15, 0.2) is 18.2 Å². The molecule has 2 amide bonds. The molecule has 0 spiro atoms. The van der Waals surface area contributed by atoms with Gasteiger partial charge in [-0.2, -0.15) is 0 Å². The molecule has 1 fully saturated rings. The van der Waals surface area contributed by atoms with Crippen molar-refractivity contribution in [2.45, 2.75) is 20.3 Å². The minimum atomic E-state index is -0.0903. The fourth-order valence-corrected chi connectivity index (χ4v) is 2.71. The Bertz CT molecular complexity index is 516. The topological polar surface area (TPSA) is 49.4 Å². The molecule has 102 valence electrons. The predicted molar refractivity (Wildman–Crippen MR) is 79.7 cm³/mol. The molecule has 0 radical (unpaired) electrons. The van der Waals surface area contributed by atoms with Gasteiger partial charge in [0.05, 0.1) is 0 Å². The van der Waals surface area contributed by atoms with Crippen LogP contribution in [-0.4, -0.2) is 23.7 Å². The van der Waals surface area contributed by atoms with Gasteiger partial charge in [0.1, 0.15) is 0 Å². The number of aryl methyl sites for hydroxylation is 1. The number of benzene rings is 1. The standard InChI is InChI=1S/C14H17BrN2O2/c1-9-5-12(3-4-13(9)16-10(2)18)17-8-11(7-15)6-14(17)19/h3-5,11H,6-8H2,1-2H3,(H,16,18). The van der Waals surface area contributed by atoms with E-state index < -0.39 is 0 Å². The molecule has 1 aliphatic heterocycles. The summed E-state index contributed by atoms with van der Waals surface area (Å²) in [5.41, 5.74) is 2.66. The third kappa shape index (κ3) is 3.15. The predicted octanol–water partition coefficient (Wildman–Crippen LogP) is 2.70. The van der Waals surface area contributed by atoms with Crippen LogP contribution < -0.4 is 10.2 Å². The molecule has 1 atom stereocenters. The lowest BCUT2D eigenvalue weighted by atomic mass is 10.1. The zero-order valence-corrected chi connectivity index (χ0v) is 12.7. The maximum Gasteiger partial charge on any atom is 0.227 e. The lowest BCUT2D eigenvalue weighted by Crippen LogP contribution is -2.24. The third-order valence-electron chi connectivity index (χ3n) is 3.26. The summed E-state index contributed by atoms with van der Waals surface area (Å²) < 4.78 is 0. The van der Waals surface area contributed by atoms with Gasteiger partial charge in [-0.1, -0.05) is 15.9 Å². The molecule has 1 unspecified atom stereocenters. The Morgan fingerprint density at radius 1 is 1.53 bits per heavy atom. The van der Waals surface area contributed by atoms with Crippen molar-refractivity contribution < 1.29 is 9.59 Å². The van der Waals surface area contributed by atoms with Crippen LogP contribution in [-0.2, 0) is 9.59 Å². The van der Waals surface area contributed by atoms with Crippen molar-refractivity contribution in [2.75, 3.05) is 22.1 Å². The Kier molecular flexibility index (Phi) is 4.24. The number of halogens is 1. The van der Waals surface area contributed by atoms with E-state index in [2.05, 4.69) is 21.2 Å². The van der Waals surface area contributed by atoms with E-state index >= 15 is 0 Å². The number of amides is 2. The summed E-state index contributed by atoms with van der Waals surface area (Å²) in [4.78, 5) is 24.8. The lowest BCUT2D eigenvalue weighted by Gasteiger charge is -2.18. The lowest BCUT2D eigenvalue weighted by molar-refractivity contribution is -0.117. The summed E-state index contributed by atoms with van der Waals surface area (Å²) in [6.45, 7) is 4.16. The highest BCUT2D eigenvalue weighted by molar-refractivity contribution is 9.09. The van der Waals surface area contributed by atoms with Crippen LogP contribution in [0.3, 0.4) is 0 Å². The highest BCUT2D eigenvalue weighted by Gasteiger charge is 2.29. The molecular weight excluding hydrogens is 308 g/mol. The molecule has 5 heteroatoms. The Morgan fingerprint density at radius 3 is 2.79 bits per heavy atom. The Labute approximate surface area is 121 Å². The van der Waals surface area contributed by atoms with Gasteiger partial charge in [-0.05, 0) is 36.6 Å². The second kappa shape index (κ2) is 5.74. The molecule has 2 rings (SSSR count). The molecular formula is C14H17BrN2O2. The molecule has 1 saturated heterocycles. The summed E-state index contributed by atoms with van der Waals surface area (Å²) in [5.74, 6) is 0.450. The van der Waals surface area contributed by atoms with E-state index in [1.165, 1.54) is 6.92 Å². The molecule has 1 heterocycles. The van der Waals surface area contributed by atoms with Crippen molar-refractivity contribution in [3.05, 3.63) is 23.8 Å². The van der Waals surface area contributed by atoms with E-state index in [4.69, 9.17) is 0 Å². The summed E-state index contributed by atoms with van der Waals surface area (Å²) in [7, 11) is 0. The first-order valence-corrected chi connectivity index (χ1v) is 7.38. The van der Waals surface area contributed by atoms with Gasteiger partial charge in [-0.15, -0.1) is 0 Å². The van der Waals surface area contributed by atoms with Crippen LogP contribution >= 0.6 is 15.9 Å². The van der Waals surface area contributed by atoms with E-state index in [-0.39, 0.29) is 11.8 Å². The van der Waals surface area contributed by atoms with Gasteiger partial charge in [0.2, 0.25) is 11.8 Å². The molecule has 1 N–H and O–H groups in total. The normalized spacial score (nSPS) is 18.8. The molecule has 0 aliphatic carbocycles. The van der Waals surface area contributed by atoms with Crippen molar-refractivity contribution in [2.24, 2.45) is 5.92 Å². The van der Waals surface area contributed by atoms with Crippen molar-refractivity contribution in [3.8, 4) is 0 Å². The quantitative estimate of drug-likeness (QED) is 0.869. The monoisotopic (exact) mass is 324 g/mol. The Balaban J connectivity index is 2.20. The molecule has 19 heavy (non-hydrogen) atoms. The number of anilines is 2. The maximum absolute atomic E-state index is 12.0. The van der Waals surface area contributed by atoms with Crippen LogP contribution in [0.1, 0.15) is 18.9 Å². The maximum atomic E-state index is 12.0. The molecule has 0 aromatic heterocycles. The van der Waals surface area contributed by atoms with Gasteiger partial charge in [-0.25, -0.2) is 0 Å². The molecule has 0 bridgehead atoms. The third-order valence-corrected chi connectivity index (χ3v) is 4.17. The SMILES string of the molecule is CC(=O)Nc1ccc(N2CC(CBr)CC2=O)cc1C. The fourth-order valence-electron chi connectivity index (χ4n) is 2.28. The molecule has 4 nitrogen and oxygen atoms in total. The van der Waals surface area contributed by atoms with E-state index in [0.717, 1.165) is 28.8 Å². The van der Waals surface area contributed by atoms with Gasteiger partial charge in [0.15, 0.2) is 0 Å². The van der Waals surface area contributed by atoms with Crippen molar-refractivity contribution in [3.63, 3.8) is 0 Å². The minimum Gasteiger partial charge on any atom is -0.326 e. The van der Waals surface area contributed by atoms with Gasteiger partial charge < -0.3 is 10.2 Å². The summed E-state index contributed by atoms with van der Waals surface area (Å²) in [6, 6.07) is 5.67. The number of alkyl halides is 1. The van der Waals surface area contributed by atoms with Gasteiger partial charge >= 0.3 is 0 Å². The largest absolute Gasteiger partial charge is 0.326 e. The van der Waals surface area contributed by atoms with Gasteiger partial charge in [0, 0.05) is 36.6 Å². The first kappa shape index (κ1) is 14.1. The highest BCUT2D eigenvalue weighted by Crippen LogP contribution is 2.29. The number of hydrogen-bond donors (Lipinski definition) is 1. The van der Waals surface area contributed by atoms with Crippen LogP contribution in [0.2, 0.25) is 0 Å². The van der Waals surface area contributed by atoms with Crippen LogP contribution in [0.5, 0.6) is 0 Å². The average molecular weight is 325 g/mol. The van der Waals surface area contributed by atoms with Crippen molar-refractivity contribution in [1.29, 1.82) is 0 Å². The summed E-state index contributed by atoms with van der Waals surface area (Å²) >= 11 is 3.43. The van der Waals surface area contributed by atoms with E-state index in [0.29, 0.717) is 12.3 Å². The first-order valence-electron chi connectivity index (χ1n) is 6.26. The number of nitrogens with one attached hydrogen (secondary N) is 1. The van der Waals surface area contributed by atoms with Gasteiger partial charge in [0.25, 0.3) is 0 Å². The van der Waals surface area contributed by atoms with Crippen molar-refractivity contribution >= 4 is 39.1 Å². The Hall–Kier alpha value is -1.36. The van der Waals surface area contributed by atoms with Crippen molar-refractivity contribution in [1.82, 2.24) is 0 Å². The van der Waals surface area contributed by atoms with Crippen LogP contribution in [0.25, 0.3) is 0 Å². The second-order valence-electron chi connectivity index (χ2n) is 4.91. The number of rotatable bonds is 3. The minimum absolute atomic E-state index is 0.0903. The van der Waals surface area contributed by atoms with E-state index in [1.807, 2.05) is 30.0 Å². The van der Waals surface area contributed by atoms with E-state index in [1.54, 1.807) is 0 Å². The average Bonchev–Trinajstić information content (AvgIpc) is 2.73. The molecule has 0 saturated carbocycles. The Morgan fingerprint density at radius 2 is 2.26 bits per heavy atom. The zero-order valence-electron chi connectivity index (χ0n) is 11.1. The highest BCUT2D eigenvalue weighted by atomic mass is 79.9. The number of carbonyl (C=O) groups excluding carboxylic acids is 2. The smallest absolute Gasteiger partial charge is 0.227 e. The van der Waals surface area contributed by atoms with Crippen LogP contribution in [0, 0.1) is 12.8 Å². The molecule has 1 aromatic rings. The van der Waals surface area contributed by atoms with Gasteiger partial charge in [-0.3, -0.25) is 9.59 Å². The summed E-state index contributed by atoms with van der Waals surface area (Å²) in [6.07, 6.45) is 0.595. The van der Waals surface area contributed by atoms with E-state index in [9.17, 15) is 9.59 Å². The zero-order chi connectivity index (χ0) is 14.0. The first-order chi connectivity index (χ1) is 9.01. The fraction of sp³-hybridized carbons (Fsp3) is 0.429. The van der Waals surface area contributed by atoms with Crippen LogP contribution in [0.4, 0.5) is 11.4 Å². The molecule has 1 aliphatic rings. The summed E-state index contributed by atoms with van der Waals surface area (Å²) in [5, 5.41) is 3.62. The second-order valence-corrected chi connectivity index (χ2v) is 5.56. The molecule has 1 aromatic carbocycles.